The van der Waals surface area contributed by atoms with Crippen LogP contribution in [0.1, 0.15) is 16.1 Å². The average molecular weight is 377 g/mol. The molecule has 1 aromatic carbocycles. The van der Waals surface area contributed by atoms with Crippen LogP contribution in [0, 0.1) is 10.5 Å². The fourth-order valence-electron chi connectivity index (χ4n) is 1.52. The van der Waals surface area contributed by atoms with Crippen LogP contribution in [0.4, 0.5) is 0 Å². The van der Waals surface area contributed by atoms with Crippen molar-refractivity contribution in [2.24, 2.45) is 7.05 Å². The van der Waals surface area contributed by atoms with E-state index in [-0.39, 0.29) is 5.15 Å². The van der Waals surface area contributed by atoms with Crippen LogP contribution in [0.2, 0.25) is 5.15 Å². The maximum Gasteiger partial charge on any atom is 0.348 e. The van der Waals surface area contributed by atoms with Gasteiger partial charge >= 0.3 is 5.97 Å². The summed E-state index contributed by atoms with van der Waals surface area (Å²) in [6.45, 7) is 1.72. The Labute approximate surface area is 123 Å². The van der Waals surface area contributed by atoms with Gasteiger partial charge in [0.15, 0.2) is 0 Å². The Morgan fingerprint density at radius 1 is 1.39 bits per heavy atom. The maximum absolute atomic E-state index is 12.0. The molecule has 18 heavy (non-hydrogen) atoms. The van der Waals surface area contributed by atoms with Gasteiger partial charge in [-0.2, -0.15) is 5.10 Å². The highest BCUT2D eigenvalue weighted by Gasteiger charge is 2.20. The number of aromatic nitrogens is 2. The highest BCUT2D eigenvalue weighted by atomic mass is 127. The molecule has 1 aromatic heterocycles. The minimum Gasteiger partial charge on any atom is -0.423 e. The molecule has 0 unspecified atom stereocenters. The third kappa shape index (κ3) is 2.67. The Balaban J connectivity index is 2.24. The molecule has 1 heterocycles. The third-order valence-corrected chi connectivity index (χ3v) is 3.53. The second-order valence-corrected chi connectivity index (χ2v) is 5.32. The number of halogens is 2. The van der Waals surface area contributed by atoms with Crippen LogP contribution < -0.4 is 4.74 Å². The molecule has 0 aliphatic carbocycles. The van der Waals surface area contributed by atoms with Crippen LogP contribution in [0.25, 0.3) is 0 Å². The number of benzene rings is 1. The number of carbonyl (C=O) groups is 1. The van der Waals surface area contributed by atoms with E-state index in [0.717, 1.165) is 3.57 Å². The van der Waals surface area contributed by atoms with E-state index in [9.17, 15) is 4.79 Å². The highest BCUT2D eigenvalue weighted by molar-refractivity contribution is 14.1. The molecular weight excluding hydrogens is 367 g/mol. The van der Waals surface area contributed by atoms with Crippen LogP contribution in [0.15, 0.2) is 24.3 Å². The molecular formula is C12H10ClIN2O2. The minimum absolute atomic E-state index is 0.281. The quantitative estimate of drug-likeness (QED) is 0.459. The summed E-state index contributed by atoms with van der Waals surface area (Å²) < 4.78 is 7.77. The van der Waals surface area contributed by atoms with Gasteiger partial charge in [-0.15, -0.1) is 0 Å². The molecule has 6 heteroatoms. The fourth-order valence-corrected chi connectivity index (χ4v) is 2.13. The lowest BCUT2D eigenvalue weighted by Crippen LogP contribution is -2.09. The van der Waals surface area contributed by atoms with Crippen LogP contribution in [-0.4, -0.2) is 15.7 Å². The van der Waals surface area contributed by atoms with Gasteiger partial charge in [0.25, 0.3) is 0 Å². The zero-order chi connectivity index (χ0) is 13.3. The van der Waals surface area contributed by atoms with Crippen molar-refractivity contribution in [2.75, 3.05) is 0 Å². The standard InChI is InChI=1S/C12H10ClIN2O2/c1-7-10(11(13)16(2)15-7)12(17)18-9-5-3-8(14)4-6-9/h3-6H,1-2H3. The largest absolute Gasteiger partial charge is 0.423 e. The summed E-state index contributed by atoms with van der Waals surface area (Å²) >= 11 is 8.18. The first kappa shape index (κ1) is 13.4. The zero-order valence-electron chi connectivity index (χ0n) is 9.78. The van der Waals surface area contributed by atoms with Gasteiger partial charge in [0.2, 0.25) is 0 Å². The van der Waals surface area contributed by atoms with Crippen LogP contribution in [-0.2, 0) is 7.05 Å². The van der Waals surface area contributed by atoms with E-state index >= 15 is 0 Å². The van der Waals surface area contributed by atoms with Crippen molar-refractivity contribution < 1.29 is 9.53 Å². The zero-order valence-corrected chi connectivity index (χ0v) is 12.7. The van der Waals surface area contributed by atoms with Crippen molar-refractivity contribution in [3.05, 3.63) is 44.2 Å². The van der Waals surface area contributed by atoms with Gasteiger partial charge < -0.3 is 4.74 Å². The highest BCUT2D eigenvalue weighted by Crippen LogP contribution is 2.21. The number of ether oxygens (including phenoxy) is 1. The van der Waals surface area contributed by atoms with Gasteiger partial charge in [-0.05, 0) is 53.8 Å². The first-order valence-electron chi connectivity index (χ1n) is 5.16. The summed E-state index contributed by atoms with van der Waals surface area (Å²) in [7, 11) is 1.68. The number of carbonyl (C=O) groups excluding carboxylic acids is 1. The van der Waals surface area contributed by atoms with Crippen molar-refractivity contribution in [1.29, 1.82) is 0 Å². The number of hydrogen-bond acceptors (Lipinski definition) is 3. The van der Waals surface area contributed by atoms with Crippen molar-refractivity contribution in [3.63, 3.8) is 0 Å². The normalized spacial score (nSPS) is 10.4. The topological polar surface area (TPSA) is 44.1 Å². The van der Waals surface area contributed by atoms with E-state index in [1.165, 1.54) is 4.68 Å². The molecule has 2 rings (SSSR count). The number of esters is 1. The molecule has 0 fully saturated rings. The average Bonchev–Trinajstić information content (AvgIpc) is 2.56. The Kier molecular flexibility index (Phi) is 3.91. The lowest BCUT2D eigenvalue weighted by Gasteiger charge is -2.03. The molecule has 4 nitrogen and oxygen atoms in total. The number of hydrogen-bond donors (Lipinski definition) is 0. The fraction of sp³-hybridized carbons (Fsp3) is 0.167. The van der Waals surface area contributed by atoms with Gasteiger partial charge in [-0.25, -0.2) is 4.79 Å². The monoisotopic (exact) mass is 376 g/mol. The summed E-state index contributed by atoms with van der Waals surface area (Å²) in [6, 6.07) is 7.19. The lowest BCUT2D eigenvalue weighted by atomic mass is 10.2. The molecule has 0 amide bonds. The molecule has 0 spiro atoms. The Bertz CT molecular complexity index is 593. The van der Waals surface area contributed by atoms with Gasteiger partial charge in [0, 0.05) is 10.6 Å². The van der Waals surface area contributed by atoms with Crippen molar-refractivity contribution in [3.8, 4) is 5.75 Å². The molecule has 0 bridgehead atoms. The Morgan fingerprint density at radius 3 is 2.50 bits per heavy atom. The van der Waals surface area contributed by atoms with E-state index in [2.05, 4.69) is 27.7 Å². The molecule has 0 radical (unpaired) electrons. The van der Waals surface area contributed by atoms with Gasteiger partial charge in [-0.3, -0.25) is 4.68 Å². The van der Waals surface area contributed by atoms with Crippen LogP contribution in [0.3, 0.4) is 0 Å². The first-order valence-corrected chi connectivity index (χ1v) is 6.61. The van der Waals surface area contributed by atoms with Crippen molar-refractivity contribution >= 4 is 40.2 Å². The van der Waals surface area contributed by atoms with Crippen LogP contribution in [0.5, 0.6) is 5.75 Å². The molecule has 0 saturated carbocycles. The lowest BCUT2D eigenvalue weighted by molar-refractivity contribution is 0.0734. The smallest absolute Gasteiger partial charge is 0.348 e. The second kappa shape index (κ2) is 5.27. The summed E-state index contributed by atoms with van der Waals surface area (Å²) in [5.74, 6) is -0.00783. The maximum atomic E-state index is 12.0. The molecule has 0 N–H and O–H groups in total. The predicted molar refractivity (Wildman–Crippen MR) is 77.1 cm³/mol. The SMILES string of the molecule is Cc1nn(C)c(Cl)c1C(=O)Oc1ccc(I)cc1. The second-order valence-electron chi connectivity index (χ2n) is 3.72. The molecule has 2 aromatic rings. The molecule has 94 valence electrons. The van der Waals surface area contributed by atoms with E-state index in [0.29, 0.717) is 17.0 Å². The molecule has 0 atom stereocenters. The van der Waals surface area contributed by atoms with E-state index in [1.54, 1.807) is 26.1 Å². The van der Waals surface area contributed by atoms with E-state index in [1.807, 2.05) is 12.1 Å². The van der Waals surface area contributed by atoms with Gasteiger partial charge in [-0.1, -0.05) is 11.6 Å². The first-order chi connectivity index (χ1) is 8.49. The summed E-state index contributed by atoms with van der Waals surface area (Å²) in [5, 5.41) is 4.35. The van der Waals surface area contributed by atoms with Crippen molar-refractivity contribution in [1.82, 2.24) is 9.78 Å². The predicted octanol–water partition coefficient (Wildman–Crippen LogP) is 3.21. The summed E-state index contributed by atoms with van der Waals surface area (Å²) in [6.07, 6.45) is 0. The third-order valence-electron chi connectivity index (χ3n) is 2.38. The minimum atomic E-state index is -0.494. The van der Waals surface area contributed by atoms with Gasteiger partial charge in [0.05, 0.1) is 5.69 Å². The molecule has 0 aliphatic heterocycles. The Hall–Kier alpha value is -1.08. The Morgan fingerprint density at radius 2 is 2.00 bits per heavy atom. The van der Waals surface area contributed by atoms with E-state index in [4.69, 9.17) is 16.3 Å². The molecule has 0 aliphatic rings. The van der Waals surface area contributed by atoms with Crippen LogP contribution >= 0.6 is 34.2 Å². The van der Waals surface area contributed by atoms with E-state index < -0.39 is 5.97 Å². The van der Waals surface area contributed by atoms with Gasteiger partial charge in [0.1, 0.15) is 16.5 Å². The van der Waals surface area contributed by atoms with Crippen molar-refractivity contribution in [2.45, 2.75) is 6.92 Å². The summed E-state index contributed by atoms with van der Waals surface area (Å²) in [5.41, 5.74) is 0.857. The number of nitrogens with zero attached hydrogens (tertiary/aromatic N) is 2. The number of aryl methyl sites for hydroxylation is 2. The molecule has 0 saturated heterocycles. The number of rotatable bonds is 2. The summed E-state index contributed by atoms with van der Waals surface area (Å²) in [4.78, 5) is 12.0.